The van der Waals surface area contributed by atoms with Crippen LogP contribution < -0.4 is 10.1 Å². The molecule has 0 spiro atoms. The second-order valence-electron chi connectivity index (χ2n) is 9.08. The molecular weight excluding hydrogens is 464 g/mol. The van der Waals surface area contributed by atoms with E-state index < -0.39 is 5.60 Å². The van der Waals surface area contributed by atoms with Crippen LogP contribution in [-0.4, -0.2) is 34.0 Å². The summed E-state index contributed by atoms with van der Waals surface area (Å²) in [5, 5.41) is 12.6. The number of aromatic nitrogens is 1. The summed E-state index contributed by atoms with van der Waals surface area (Å²) >= 11 is 1.36. The molecular formula is C26H26N4O4S. The Hall–Kier alpha value is -3.90. The van der Waals surface area contributed by atoms with Gasteiger partial charge in [-0.1, -0.05) is 35.6 Å². The lowest BCUT2D eigenvalue weighted by atomic mass is 10.1. The molecule has 0 radical (unpaired) electrons. The molecule has 3 aromatic rings. The lowest BCUT2D eigenvalue weighted by molar-refractivity contribution is 0.0225. The zero-order valence-electron chi connectivity index (χ0n) is 19.8. The number of benzene rings is 2. The third-order valence-corrected chi connectivity index (χ3v) is 6.23. The van der Waals surface area contributed by atoms with Crippen LogP contribution >= 0.6 is 11.3 Å². The fraction of sp³-hybridized carbons (Fsp3) is 0.308. The molecule has 8 nitrogen and oxygen atoms in total. The molecule has 1 aromatic heterocycles. The Morgan fingerprint density at radius 3 is 2.77 bits per heavy atom. The van der Waals surface area contributed by atoms with Crippen LogP contribution in [0, 0.1) is 11.3 Å². The summed E-state index contributed by atoms with van der Waals surface area (Å²) in [4.78, 5) is 32.4. The van der Waals surface area contributed by atoms with Crippen molar-refractivity contribution < 1.29 is 19.1 Å². The maximum Gasteiger partial charge on any atom is 0.410 e. The fourth-order valence-corrected chi connectivity index (χ4v) is 4.56. The van der Waals surface area contributed by atoms with Gasteiger partial charge in [0.15, 0.2) is 5.13 Å². The Labute approximate surface area is 208 Å². The average molecular weight is 491 g/mol. The second-order valence-corrected chi connectivity index (χ2v) is 10.2. The van der Waals surface area contributed by atoms with Crippen molar-refractivity contribution in [3.63, 3.8) is 0 Å². The summed E-state index contributed by atoms with van der Waals surface area (Å²) in [6, 6.07) is 16.2. The maximum atomic E-state index is 12.9. The number of nitrogens with zero attached hydrogens (tertiary/aromatic N) is 3. The largest absolute Gasteiger partial charge is 0.489 e. The normalized spacial score (nSPS) is 12.9. The first-order valence-electron chi connectivity index (χ1n) is 11.2. The molecule has 0 saturated heterocycles. The first-order chi connectivity index (χ1) is 16.7. The molecule has 2 amide bonds. The van der Waals surface area contributed by atoms with Crippen molar-refractivity contribution >= 4 is 28.5 Å². The fourth-order valence-electron chi connectivity index (χ4n) is 3.54. The van der Waals surface area contributed by atoms with E-state index in [0.717, 1.165) is 16.1 Å². The van der Waals surface area contributed by atoms with E-state index in [2.05, 4.69) is 16.4 Å². The Balaban J connectivity index is 1.39. The van der Waals surface area contributed by atoms with Gasteiger partial charge in [-0.3, -0.25) is 10.1 Å². The molecule has 0 bridgehead atoms. The number of amides is 2. The van der Waals surface area contributed by atoms with Crippen molar-refractivity contribution in [1.82, 2.24) is 9.88 Å². The van der Waals surface area contributed by atoms with Crippen LogP contribution in [0.1, 0.15) is 52.8 Å². The topological polar surface area (TPSA) is 105 Å². The summed E-state index contributed by atoms with van der Waals surface area (Å²) in [6.45, 7) is 6.67. The van der Waals surface area contributed by atoms with Gasteiger partial charge in [0.05, 0.1) is 23.9 Å². The Kier molecular flexibility index (Phi) is 7.03. The highest BCUT2D eigenvalue weighted by atomic mass is 32.1. The number of nitrogens with one attached hydrogen (secondary N) is 1. The molecule has 0 aliphatic carbocycles. The van der Waals surface area contributed by atoms with Gasteiger partial charge in [-0.15, -0.1) is 0 Å². The predicted octanol–water partition coefficient (Wildman–Crippen LogP) is 5.14. The van der Waals surface area contributed by atoms with Crippen LogP contribution in [0.3, 0.4) is 0 Å². The summed E-state index contributed by atoms with van der Waals surface area (Å²) in [7, 11) is 0. The monoisotopic (exact) mass is 490 g/mol. The van der Waals surface area contributed by atoms with E-state index in [1.54, 1.807) is 41.3 Å². The number of anilines is 1. The van der Waals surface area contributed by atoms with Gasteiger partial charge in [-0.2, -0.15) is 5.26 Å². The third-order valence-electron chi connectivity index (χ3n) is 5.23. The van der Waals surface area contributed by atoms with Crippen molar-refractivity contribution in [3.8, 4) is 11.8 Å². The van der Waals surface area contributed by atoms with Gasteiger partial charge >= 0.3 is 6.09 Å². The lowest BCUT2D eigenvalue weighted by Crippen LogP contribution is -2.39. The number of rotatable bonds is 5. The number of thiazole rings is 1. The molecule has 0 unspecified atom stereocenters. The molecule has 0 fully saturated rings. The molecule has 1 aliphatic rings. The average Bonchev–Trinajstić information content (AvgIpc) is 3.23. The Bertz CT molecular complexity index is 1290. The highest BCUT2D eigenvalue weighted by Gasteiger charge is 2.28. The number of nitriles is 1. The summed E-state index contributed by atoms with van der Waals surface area (Å²) in [5.41, 5.74) is 2.10. The van der Waals surface area contributed by atoms with E-state index in [9.17, 15) is 14.9 Å². The van der Waals surface area contributed by atoms with Crippen LogP contribution in [0.5, 0.6) is 5.75 Å². The van der Waals surface area contributed by atoms with Crippen molar-refractivity contribution in [2.24, 2.45) is 0 Å². The highest BCUT2D eigenvalue weighted by molar-refractivity contribution is 7.15. The van der Waals surface area contributed by atoms with Crippen LogP contribution in [0.4, 0.5) is 9.93 Å². The van der Waals surface area contributed by atoms with Crippen LogP contribution in [0.2, 0.25) is 0 Å². The Morgan fingerprint density at radius 1 is 1.20 bits per heavy atom. The van der Waals surface area contributed by atoms with E-state index in [0.29, 0.717) is 41.5 Å². The summed E-state index contributed by atoms with van der Waals surface area (Å²) < 4.78 is 11.3. The second kappa shape index (κ2) is 10.2. The lowest BCUT2D eigenvalue weighted by Gasteiger charge is -2.29. The highest BCUT2D eigenvalue weighted by Crippen LogP contribution is 2.29. The molecule has 0 atom stereocenters. The van der Waals surface area contributed by atoms with E-state index in [4.69, 9.17) is 9.47 Å². The van der Waals surface area contributed by atoms with E-state index in [1.807, 2.05) is 32.9 Å². The zero-order valence-corrected chi connectivity index (χ0v) is 20.6. The molecule has 4 rings (SSSR count). The third kappa shape index (κ3) is 6.16. The quantitative estimate of drug-likeness (QED) is 0.531. The van der Waals surface area contributed by atoms with E-state index in [1.165, 1.54) is 11.3 Å². The van der Waals surface area contributed by atoms with E-state index >= 15 is 0 Å². The van der Waals surface area contributed by atoms with Crippen molar-refractivity contribution in [2.45, 2.75) is 45.9 Å². The minimum absolute atomic E-state index is 0.224. The minimum Gasteiger partial charge on any atom is -0.489 e. The summed E-state index contributed by atoms with van der Waals surface area (Å²) in [6.07, 6.45) is 0.255. The first kappa shape index (κ1) is 24.2. The van der Waals surface area contributed by atoms with Gasteiger partial charge in [0.2, 0.25) is 0 Å². The molecule has 180 valence electrons. The minimum atomic E-state index is -0.554. The molecule has 1 N–H and O–H groups in total. The molecule has 1 aliphatic heterocycles. The van der Waals surface area contributed by atoms with Gasteiger partial charge in [0, 0.05) is 29.0 Å². The number of carbonyl (C=O) groups is 2. The van der Waals surface area contributed by atoms with Crippen LogP contribution in [0.15, 0.2) is 48.5 Å². The molecule has 2 aromatic carbocycles. The number of carbonyl (C=O) groups excluding carboxylic acids is 2. The van der Waals surface area contributed by atoms with Crippen molar-refractivity contribution in [2.75, 3.05) is 11.9 Å². The van der Waals surface area contributed by atoms with Gasteiger partial charge in [0.1, 0.15) is 18.0 Å². The van der Waals surface area contributed by atoms with Crippen molar-refractivity contribution in [3.05, 3.63) is 75.8 Å². The smallest absolute Gasteiger partial charge is 0.410 e. The zero-order chi connectivity index (χ0) is 25.0. The van der Waals surface area contributed by atoms with Crippen LogP contribution in [-0.2, 0) is 24.3 Å². The number of hydrogen-bond donors (Lipinski definition) is 1. The standard InChI is InChI=1S/C26H26N4O4S/c1-26(2,3)34-25(32)30-12-11-21-22(15-30)35-24(28-21)29-23(31)17-9-6-10-20(13-17)33-16-19-8-5-4-7-18(19)14-27/h4-10,13H,11-12,15-16H2,1-3H3,(H,28,29,31). The SMILES string of the molecule is CC(C)(C)OC(=O)N1CCc2nc(NC(=O)c3cccc(OCc4ccccc4C#N)c3)sc2C1. The number of hydrogen-bond acceptors (Lipinski definition) is 7. The number of fused-ring (bicyclic) bond motifs is 1. The van der Waals surface area contributed by atoms with Gasteiger partial charge in [-0.05, 0) is 45.0 Å². The Morgan fingerprint density at radius 2 is 2.00 bits per heavy atom. The summed E-state index contributed by atoms with van der Waals surface area (Å²) in [5.74, 6) is 0.222. The predicted molar refractivity (Wildman–Crippen MR) is 132 cm³/mol. The van der Waals surface area contributed by atoms with Gasteiger partial charge < -0.3 is 14.4 Å². The molecule has 35 heavy (non-hydrogen) atoms. The van der Waals surface area contributed by atoms with E-state index in [-0.39, 0.29) is 18.6 Å². The maximum absolute atomic E-state index is 12.9. The van der Waals surface area contributed by atoms with Crippen LogP contribution in [0.25, 0.3) is 0 Å². The molecule has 9 heteroatoms. The molecule has 0 saturated carbocycles. The molecule has 2 heterocycles. The number of ether oxygens (including phenoxy) is 2. The van der Waals surface area contributed by atoms with Gasteiger partial charge in [0.25, 0.3) is 5.91 Å². The van der Waals surface area contributed by atoms with Gasteiger partial charge in [-0.25, -0.2) is 9.78 Å². The van der Waals surface area contributed by atoms with Crippen molar-refractivity contribution in [1.29, 1.82) is 5.26 Å². The first-order valence-corrected chi connectivity index (χ1v) is 12.0.